The molecule has 1 N–H and O–H groups in total. The van der Waals surface area contributed by atoms with Crippen LogP contribution in [0.3, 0.4) is 0 Å². The quantitative estimate of drug-likeness (QED) is 0.617. The molecule has 0 radical (unpaired) electrons. The number of ketones is 1. The lowest BCUT2D eigenvalue weighted by Crippen LogP contribution is -2.75. The average Bonchev–Trinajstić information content (AvgIpc) is 2.66. The number of hydrogen-bond donors (Lipinski definition) is 1. The van der Waals surface area contributed by atoms with Crippen molar-refractivity contribution in [2.45, 2.75) is 44.3 Å². The molecule has 3 aliphatic carbocycles. The van der Waals surface area contributed by atoms with Gasteiger partial charge in [0.25, 0.3) is 5.91 Å². The Morgan fingerprint density at radius 3 is 2.60 bits per heavy atom. The number of nitrogens with one attached hydrogen (secondary N) is 1. The summed E-state index contributed by atoms with van der Waals surface area (Å²) in [4.78, 5) is 28.7. The fourth-order valence-electron chi connectivity index (χ4n) is 4.61. The van der Waals surface area contributed by atoms with Gasteiger partial charge in [0.2, 0.25) is 0 Å². The van der Waals surface area contributed by atoms with Crippen LogP contribution in [0.25, 0.3) is 0 Å². The van der Waals surface area contributed by atoms with E-state index in [2.05, 4.69) is 10.3 Å². The van der Waals surface area contributed by atoms with Gasteiger partial charge in [-0.05, 0) is 55.9 Å². The van der Waals surface area contributed by atoms with E-state index >= 15 is 0 Å². The van der Waals surface area contributed by atoms with Gasteiger partial charge in [-0.1, -0.05) is 11.6 Å². The molecule has 0 aliphatic heterocycles. The minimum absolute atomic E-state index is 0.00999. The Bertz CT molecular complexity index is 975. The number of ether oxygens (including phenoxy) is 1. The van der Waals surface area contributed by atoms with Crippen molar-refractivity contribution in [3.05, 3.63) is 58.6 Å². The SMILES string of the molecule is CC(F)c1ccc(C(=O)CC23CC(NC(=O)COc4ccc(Cl)c(F)c4)(C2)C3)cn1. The van der Waals surface area contributed by atoms with Crippen LogP contribution >= 0.6 is 11.6 Å². The molecule has 5 nitrogen and oxygen atoms in total. The van der Waals surface area contributed by atoms with Gasteiger partial charge in [-0.15, -0.1) is 0 Å². The van der Waals surface area contributed by atoms with Crippen LogP contribution in [0.15, 0.2) is 36.5 Å². The molecule has 5 rings (SSSR count). The summed E-state index contributed by atoms with van der Waals surface area (Å²) < 4.78 is 31.9. The number of halogens is 3. The van der Waals surface area contributed by atoms with Crippen molar-refractivity contribution in [1.29, 1.82) is 0 Å². The standard InChI is InChI=1S/C22H21ClF2N2O3/c1-13(24)18-5-2-14(8-26-18)19(28)7-21-10-22(11-21,12-21)27-20(29)9-30-15-3-4-16(23)17(25)6-15/h2-6,8,13H,7,9-12H2,1H3,(H,27,29). The van der Waals surface area contributed by atoms with Crippen LogP contribution in [-0.2, 0) is 4.79 Å². The monoisotopic (exact) mass is 434 g/mol. The average molecular weight is 435 g/mol. The third-order valence-electron chi connectivity index (χ3n) is 5.86. The number of carbonyl (C=O) groups is 2. The number of benzene rings is 1. The van der Waals surface area contributed by atoms with Gasteiger partial charge in [0.05, 0.1) is 10.7 Å². The molecule has 3 aliphatic rings. The molecule has 1 unspecified atom stereocenters. The molecule has 1 aromatic carbocycles. The molecular formula is C22H21ClF2N2O3. The van der Waals surface area contributed by atoms with Gasteiger partial charge in [-0.3, -0.25) is 14.6 Å². The van der Waals surface area contributed by atoms with E-state index in [1.807, 2.05) is 0 Å². The summed E-state index contributed by atoms with van der Waals surface area (Å²) in [5.74, 6) is -0.684. The Morgan fingerprint density at radius 2 is 2.00 bits per heavy atom. The minimum atomic E-state index is -1.17. The Hall–Kier alpha value is -2.54. The lowest BCUT2D eigenvalue weighted by molar-refractivity contribution is -0.164. The largest absolute Gasteiger partial charge is 0.484 e. The van der Waals surface area contributed by atoms with Crippen molar-refractivity contribution in [2.24, 2.45) is 5.41 Å². The second kappa shape index (κ2) is 7.61. The number of pyridine rings is 1. The zero-order chi connectivity index (χ0) is 21.5. The number of alkyl halides is 1. The number of nitrogens with zero attached hydrogens (tertiary/aromatic N) is 1. The highest BCUT2D eigenvalue weighted by atomic mass is 35.5. The van der Waals surface area contributed by atoms with Crippen LogP contribution in [-0.4, -0.2) is 28.8 Å². The minimum Gasteiger partial charge on any atom is -0.484 e. The van der Waals surface area contributed by atoms with Crippen molar-refractivity contribution < 1.29 is 23.1 Å². The maximum atomic E-state index is 13.4. The smallest absolute Gasteiger partial charge is 0.258 e. The molecule has 3 fully saturated rings. The maximum absolute atomic E-state index is 13.4. The fraction of sp³-hybridized carbons (Fsp3) is 0.409. The number of amides is 1. The summed E-state index contributed by atoms with van der Waals surface area (Å²) >= 11 is 5.62. The third kappa shape index (κ3) is 4.03. The molecule has 158 valence electrons. The molecule has 0 spiro atoms. The lowest BCUT2D eigenvalue weighted by atomic mass is 9.38. The van der Waals surface area contributed by atoms with Gasteiger partial charge in [-0.2, -0.15) is 0 Å². The van der Waals surface area contributed by atoms with Crippen LogP contribution in [0.4, 0.5) is 8.78 Å². The first-order valence-electron chi connectivity index (χ1n) is 9.71. The van der Waals surface area contributed by atoms with Crippen molar-refractivity contribution in [3.8, 4) is 5.75 Å². The van der Waals surface area contributed by atoms with Crippen molar-refractivity contribution in [2.75, 3.05) is 6.61 Å². The summed E-state index contributed by atoms with van der Waals surface area (Å²) in [5, 5.41) is 2.95. The molecule has 1 heterocycles. The zero-order valence-corrected chi connectivity index (χ0v) is 17.1. The Balaban J connectivity index is 1.23. The van der Waals surface area contributed by atoms with E-state index in [9.17, 15) is 18.4 Å². The first kappa shape index (κ1) is 20.7. The predicted molar refractivity (Wildman–Crippen MR) is 107 cm³/mol. The lowest BCUT2D eigenvalue weighted by Gasteiger charge is -2.70. The molecule has 0 saturated heterocycles. The van der Waals surface area contributed by atoms with Gasteiger partial charge in [-0.25, -0.2) is 8.78 Å². The van der Waals surface area contributed by atoms with Gasteiger partial charge in [0, 0.05) is 29.8 Å². The van der Waals surface area contributed by atoms with E-state index in [0.29, 0.717) is 17.7 Å². The Kier molecular flexibility index (Phi) is 5.26. The molecule has 1 aromatic heterocycles. The summed E-state index contributed by atoms with van der Waals surface area (Å²) in [5.41, 5.74) is 0.419. The van der Waals surface area contributed by atoms with Crippen LogP contribution in [0.2, 0.25) is 5.02 Å². The second-order valence-electron chi connectivity index (χ2n) is 8.41. The highest BCUT2D eigenvalue weighted by Crippen LogP contribution is 2.69. The number of rotatable bonds is 8. The Labute approximate surface area is 177 Å². The third-order valence-corrected chi connectivity index (χ3v) is 6.16. The van der Waals surface area contributed by atoms with Crippen LogP contribution in [0, 0.1) is 11.2 Å². The van der Waals surface area contributed by atoms with Crippen LogP contribution < -0.4 is 10.1 Å². The Morgan fingerprint density at radius 1 is 1.27 bits per heavy atom. The predicted octanol–water partition coefficient (Wildman–Crippen LogP) is 4.60. The molecule has 2 bridgehead atoms. The summed E-state index contributed by atoms with van der Waals surface area (Å²) in [6.07, 6.45) is 2.85. The molecule has 8 heteroatoms. The molecule has 30 heavy (non-hydrogen) atoms. The second-order valence-corrected chi connectivity index (χ2v) is 8.82. The maximum Gasteiger partial charge on any atom is 0.258 e. The van der Waals surface area contributed by atoms with Gasteiger partial charge < -0.3 is 10.1 Å². The van der Waals surface area contributed by atoms with E-state index < -0.39 is 12.0 Å². The van der Waals surface area contributed by atoms with E-state index in [0.717, 1.165) is 25.3 Å². The molecule has 2 aromatic rings. The molecule has 1 amide bonds. The number of carbonyl (C=O) groups excluding carboxylic acids is 2. The summed E-state index contributed by atoms with van der Waals surface area (Å²) in [6.45, 7) is 1.18. The van der Waals surface area contributed by atoms with Gasteiger partial charge >= 0.3 is 0 Å². The van der Waals surface area contributed by atoms with Gasteiger partial charge in [0.1, 0.15) is 17.7 Å². The van der Waals surface area contributed by atoms with Crippen molar-refractivity contribution in [3.63, 3.8) is 0 Å². The fourth-order valence-corrected chi connectivity index (χ4v) is 4.73. The molecule has 1 atom stereocenters. The summed E-state index contributed by atoms with van der Waals surface area (Å²) in [6, 6.07) is 7.14. The van der Waals surface area contributed by atoms with E-state index in [1.54, 1.807) is 6.07 Å². The van der Waals surface area contributed by atoms with Gasteiger partial charge in [0.15, 0.2) is 12.4 Å². The zero-order valence-electron chi connectivity index (χ0n) is 16.4. The van der Waals surface area contributed by atoms with E-state index in [4.69, 9.17) is 16.3 Å². The molecular weight excluding hydrogens is 414 g/mol. The number of hydrogen-bond acceptors (Lipinski definition) is 4. The first-order valence-corrected chi connectivity index (χ1v) is 10.1. The molecule has 3 saturated carbocycles. The van der Waals surface area contributed by atoms with Crippen LogP contribution in [0.5, 0.6) is 5.75 Å². The van der Waals surface area contributed by atoms with Crippen molar-refractivity contribution >= 4 is 23.3 Å². The van der Waals surface area contributed by atoms with E-state index in [1.165, 1.54) is 31.3 Å². The topological polar surface area (TPSA) is 68.3 Å². The first-order chi connectivity index (χ1) is 14.2. The van der Waals surface area contributed by atoms with Crippen molar-refractivity contribution in [1.82, 2.24) is 10.3 Å². The number of Topliss-reactive ketones (excluding diaryl/α,β-unsaturated/α-hetero) is 1. The highest BCUT2D eigenvalue weighted by Gasteiger charge is 2.68. The highest BCUT2D eigenvalue weighted by molar-refractivity contribution is 6.30. The number of aromatic nitrogens is 1. The van der Waals surface area contributed by atoms with E-state index in [-0.39, 0.29) is 40.0 Å². The normalized spacial score (nSPS) is 24.9. The van der Waals surface area contributed by atoms with Crippen LogP contribution in [0.1, 0.15) is 54.8 Å². The summed E-state index contributed by atoms with van der Waals surface area (Å²) in [7, 11) is 0.